The zero-order chi connectivity index (χ0) is 24.9. The number of carbonyl (C=O) groups is 2. The summed E-state index contributed by atoms with van der Waals surface area (Å²) >= 11 is 0. The average molecular weight is 477 g/mol. The minimum absolute atomic E-state index is 0.00348. The molecular formula is C28H33FN4O2. The zero-order valence-corrected chi connectivity index (χ0v) is 20.6. The van der Waals surface area contributed by atoms with E-state index in [1.54, 1.807) is 34.7 Å². The van der Waals surface area contributed by atoms with Gasteiger partial charge in [-0.3, -0.25) is 19.5 Å². The van der Waals surface area contributed by atoms with Gasteiger partial charge in [0.25, 0.3) is 0 Å². The summed E-state index contributed by atoms with van der Waals surface area (Å²) < 4.78 is 16.0. The number of anilines is 1. The molecule has 0 saturated heterocycles. The van der Waals surface area contributed by atoms with Gasteiger partial charge in [-0.25, -0.2) is 9.37 Å². The lowest BCUT2D eigenvalue weighted by atomic mass is 10.1. The Labute approximate surface area is 206 Å². The summed E-state index contributed by atoms with van der Waals surface area (Å²) in [6.07, 6.45) is 5.68. The number of imidazole rings is 1. The molecule has 1 N–H and O–H groups in total. The lowest BCUT2D eigenvalue weighted by Gasteiger charge is -2.26. The van der Waals surface area contributed by atoms with E-state index in [0.717, 1.165) is 31.2 Å². The Hall–Kier alpha value is -3.48. The summed E-state index contributed by atoms with van der Waals surface area (Å²) in [5.41, 5.74) is 2.63. The maximum atomic E-state index is 14.4. The van der Waals surface area contributed by atoms with Crippen LogP contribution in [0.2, 0.25) is 0 Å². The molecule has 1 saturated carbocycles. The number of rotatable bonds is 8. The molecule has 6 nitrogen and oxygen atoms in total. The molecule has 0 bridgehead atoms. The van der Waals surface area contributed by atoms with Gasteiger partial charge in [0.15, 0.2) is 0 Å². The number of hydrogen-bond donors (Lipinski definition) is 1. The summed E-state index contributed by atoms with van der Waals surface area (Å²) in [4.78, 5) is 32.6. The lowest BCUT2D eigenvalue weighted by molar-refractivity contribution is -0.138. The zero-order valence-electron chi connectivity index (χ0n) is 20.6. The van der Waals surface area contributed by atoms with Gasteiger partial charge in [-0.15, -0.1) is 0 Å². The molecule has 1 aromatic heterocycles. The Bertz CT molecular complexity index is 1180. The van der Waals surface area contributed by atoms with Gasteiger partial charge in [0, 0.05) is 24.2 Å². The number of amides is 2. The van der Waals surface area contributed by atoms with Crippen molar-refractivity contribution in [2.24, 2.45) is 11.8 Å². The summed E-state index contributed by atoms with van der Waals surface area (Å²) in [5.74, 6) is -0.0645. The molecule has 1 aliphatic rings. The van der Waals surface area contributed by atoms with E-state index in [4.69, 9.17) is 0 Å². The van der Waals surface area contributed by atoms with Crippen LogP contribution in [-0.2, 0) is 9.59 Å². The summed E-state index contributed by atoms with van der Waals surface area (Å²) in [5, 5.41) is 2.88. The quantitative estimate of drug-likeness (QED) is 0.460. The van der Waals surface area contributed by atoms with Crippen molar-refractivity contribution in [3.05, 3.63) is 66.1 Å². The van der Waals surface area contributed by atoms with Gasteiger partial charge >= 0.3 is 0 Å². The number of aromatic nitrogens is 2. The van der Waals surface area contributed by atoms with Crippen LogP contribution < -0.4 is 5.32 Å². The fourth-order valence-electron chi connectivity index (χ4n) is 4.59. The number of benzene rings is 2. The molecule has 0 atom stereocenters. The van der Waals surface area contributed by atoms with Crippen LogP contribution in [0, 0.1) is 24.6 Å². The third-order valence-electron chi connectivity index (χ3n) is 6.40. The molecule has 7 heteroatoms. The van der Waals surface area contributed by atoms with Crippen molar-refractivity contribution in [2.75, 3.05) is 18.4 Å². The Kier molecular flexibility index (Phi) is 7.63. The topological polar surface area (TPSA) is 67.2 Å². The summed E-state index contributed by atoms with van der Waals surface area (Å²) in [6, 6.07) is 14.5. The molecule has 0 aliphatic heterocycles. The van der Waals surface area contributed by atoms with Crippen LogP contribution in [-0.4, -0.2) is 39.4 Å². The molecule has 0 unspecified atom stereocenters. The Morgan fingerprint density at radius 3 is 2.51 bits per heavy atom. The van der Waals surface area contributed by atoms with Gasteiger partial charge in [0.1, 0.15) is 5.82 Å². The van der Waals surface area contributed by atoms with Crippen molar-refractivity contribution in [2.45, 2.75) is 46.5 Å². The highest BCUT2D eigenvalue weighted by molar-refractivity contribution is 5.94. The van der Waals surface area contributed by atoms with Crippen LogP contribution in [0.3, 0.4) is 0 Å². The van der Waals surface area contributed by atoms with Crippen LogP contribution in [0.1, 0.15) is 45.1 Å². The van der Waals surface area contributed by atoms with Crippen LogP contribution >= 0.6 is 0 Å². The first-order valence-corrected chi connectivity index (χ1v) is 12.3. The number of hydrogen-bond acceptors (Lipinski definition) is 3. The second kappa shape index (κ2) is 10.8. The van der Waals surface area contributed by atoms with Crippen molar-refractivity contribution < 1.29 is 14.0 Å². The van der Waals surface area contributed by atoms with Crippen molar-refractivity contribution in [3.63, 3.8) is 0 Å². The Morgan fingerprint density at radius 2 is 1.86 bits per heavy atom. The standard InChI is InChI=1S/C28H33FN4O2/c1-19(2)16-32(27(35)22-11-7-8-12-22)18-26(34)31-28-30-25(21-9-5-4-6-10-21)17-33(28)23-14-13-20(3)24(29)15-23/h4-6,9-10,13-15,17,19,22H,7-8,11-12,16,18H2,1-3H3,(H,30,31,34). The molecular weight excluding hydrogens is 443 g/mol. The van der Waals surface area contributed by atoms with Crippen LogP contribution in [0.4, 0.5) is 10.3 Å². The van der Waals surface area contributed by atoms with Gasteiger partial charge in [0.05, 0.1) is 17.9 Å². The monoisotopic (exact) mass is 476 g/mol. The first kappa shape index (κ1) is 24.6. The number of nitrogens with zero attached hydrogens (tertiary/aromatic N) is 3. The predicted octanol–water partition coefficient (Wildman–Crippen LogP) is 5.60. The van der Waals surface area contributed by atoms with Gasteiger partial charge in [-0.05, 0) is 43.4 Å². The first-order valence-electron chi connectivity index (χ1n) is 12.3. The second-order valence-electron chi connectivity index (χ2n) is 9.76. The Balaban J connectivity index is 1.60. The van der Waals surface area contributed by atoms with E-state index in [2.05, 4.69) is 10.3 Å². The third-order valence-corrected chi connectivity index (χ3v) is 6.40. The number of carbonyl (C=O) groups excluding carboxylic acids is 2. The molecule has 2 aromatic carbocycles. The smallest absolute Gasteiger partial charge is 0.246 e. The van der Waals surface area contributed by atoms with E-state index in [1.165, 1.54) is 6.07 Å². The SMILES string of the molecule is Cc1ccc(-n2cc(-c3ccccc3)nc2NC(=O)CN(CC(C)C)C(=O)C2CCCC2)cc1F. The van der Waals surface area contributed by atoms with E-state index in [1.807, 2.05) is 44.2 Å². The summed E-state index contributed by atoms with van der Waals surface area (Å²) in [7, 11) is 0. The van der Waals surface area contributed by atoms with Gasteiger partial charge in [-0.2, -0.15) is 0 Å². The van der Waals surface area contributed by atoms with Crippen molar-refractivity contribution in [1.29, 1.82) is 0 Å². The highest BCUT2D eigenvalue weighted by atomic mass is 19.1. The van der Waals surface area contributed by atoms with Crippen molar-refractivity contribution in [3.8, 4) is 16.9 Å². The predicted molar refractivity (Wildman–Crippen MR) is 136 cm³/mol. The van der Waals surface area contributed by atoms with Crippen LogP contribution in [0.25, 0.3) is 16.9 Å². The number of nitrogens with one attached hydrogen (secondary N) is 1. The second-order valence-corrected chi connectivity index (χ2v) is 9.76. The largest absolute Gasteiger partial charge is 0.333 e. The molecule has 0 spiro atoms. The fourth-order valence-corrected chi connectivity index (χ4v) is 4.59. The molecule has 0 radical (unpaired) electrons. The molecule has 184 valence electrons. The summed E-state index contributed by atoms with van der Waals surface area (Å²) in [6.45, 7) is 6.27. The molecule has 4 rings (SSSR count). The highest BCUT2D eigenvalue weighted by Gasteiger charge is 2.29. The average Bonchev–Trinajstić information content (AvgIpc) is 3.51. The van der Waals surface area contributed by atoms with Crippen LogP contribution in [0.5, 0.6) is 0 Å². The van der Waals surface area contributed by atoms with E-state index in [-0.39, 0.29) is 42.0 Å². The number of aryl methyl sites for hydroxylation is 1. The van der Waals surface area contributed by atoms with E-state index in [9.17, 15) is 14.0 Å². The van der Waals surface area contributed by atoms with E-state index in [0.29, 0.717) is 23.5 Å². The minimum atomic E-state index is -0.333. The first-order chi connectivity index (χ1) is 16.8. The normalized spacial score (nSPS) is 13.9. The molecule has 35 heavy (non-hydrogen) atoms. The van der Waals surface area contributed by atoms with Crippen molar-refractivity contribution in [1.82, 2.24) is 14.5 Å². The van der Waals surface area contributed by atoms with Gasteiger partial charge in [0.2, 0.25) is 17.8 Å². The van der Waals surface area contributed by atoms with E-state index >= 15 is 0 Å². The molecule has 1 heterocycles. The molecule has 1 fully saturated rings. The van der Waals surface area contributed by atoms with E-state index < -0.39 is 0 Å². The van der Waals surface area contributed by atoms with Gasteiger partial charge < -0.3 is 4.90 Å². The fraction of sp³-hybridized carbons (Fsp3) is 0.393. The minimum Gasteiger partial charge on any atom is -0.333 e. The number of halogens is 1. The molecule has 3 aromatic rings. The molecule has 2 amide bonds. The highest BCUT2D eigenvalue weighted by Crippen LogP contribution is 2.28. The maximum Gasteiger partial charge on any atom is 0.246 e. The lowest BCUT2D eigenvalue weighted by Crippen LogP contribution is -2.43. The van der Waals surface area contributed by atoms with Crippen LogP contribution in [0.15, 0.2) is 54.7 Å². The van der Waals surface area contributed by atoms with Gasteiger partial charge in [-0.1, -0.05) is 63.1 Å². The van der Waals surface area contributed by atoms with Crippen molar-refractivity contribution >= 4 is 17.8 Å². The molecule has 1 aliphatic carbocycles. The third kappa shape index (κ3) is 5.96. The Morgan fingerprint density at radius 1 is 1.14 bits per heavy atom. The maximum absolute atomic E-state index is 14.4.